The Labute approximate surface area is 132 Å². The van der Waals surface area contributed by atoms with Gasteiger partial charge in [-0.15, -0.1) is 0 Å². The van der Waals surface area contributed by atoms with Crippen molar-refractivity contribution in [3.05, 3.63) is 52.0 Å². The lowest BCUT2D eigenvalue weighted by Crippen LogP contribution is -2.35. The number of aromatic nitrogens is 3. The van der Waals surface area contributed by atoms with E-state index in [-0.39, 0.29) is 29.9 Å². The summed E-state index contributed by atoms with van der Waals surface area (Å²) >= 11 is 0. The van der Waals surface area contributed by atoms with Gasteiger partial charge in [-0.2, -0.15) is 5.10 Å². The SMILES string of the molecule is O=C(CCc1ccccc1F)NC1CCc2n[nH]c(=O)n2CC1. The lowest BCUT2D eigenvalue weighted by molar-refractivity contribution is -0.121. The van der Waals surface area contributed by atoms with Crippen molar-refractivity contribution in [3.8, 4) is 0 Å². The van der Waals surface area contributed by atoms with Crippen LogP contribution in [-0.4, -0.2) is 26.7 Å². The molecule has 1 aromatic carbocycles. The molecule has 1 amide bonds. The number of benzene rings is 1. The van der Waals surface area contributed by atoms with Gasteiger partial charge in [-0.1, -0.05) is 18.2 Å². The Balaban J connectivity index is 1.51. The number of hydrogen-bond donors (Lipinski definition) is 2. The summed E-state index contributed by atoms with van der Waals surface area (Å²) in [5, 5.41) is 9.41. The summed E-state index contributed by atoms with van der Waals surface area (Å²) in [6.45, 7) is 0.545. The van der Waals surface area contributed by atoms with Gasteiger partial charge in [-0.3, -0.25) is 9.36 Å². The first-order chi connectivity index (χ1) is 11.1. The van der Waals surface area contributed by atoms with Crippen LogP contribution in [0.2, 0.25) is 0 Å². The summed E-state index contributed by atoms with van der Waals surface area (Å²) in [5.41, 5.74) is 0.349. The number of carbonyl (C=O) groups is 1. The molecular weight excluding hydrogens is 299 g/mol. The topological polar surface area (TPSA) is 79.8 Å². The fourth-order valence-corrected chi connectivity index (χ4v) is 2.90. The first-order valence-corrected chi connectivity index (χ1v) is 7.80. The number of amides is 1. The number of nitrogens with zero attached hydrogens (tertiary/aromatic N) is 2. The lowest BCUT2D eigenvalue weighted by atomic mass is 10.1. The van der Waals surface area contributed by atoms with Crippen molar-refractivity contribution in [2.45, 2.75) is 44.7 Å². The number of fused-ring (bicyclic) bond motifs is 1. The molecular formula is C16H19FN4O2. The van der Waals surface area contributed by atoms with E-state index in [9.17, 15) is 14.0 Å². The average molecular weight is 318 g/mol. The summed E-state index contributed by atoms with van der Waals surface area (Å²) in [4.78, 5) is 23.6. The maximum absolute atomic E-state index is 13.5. The smallest absolute Gasteiger partial charge is 0.343 e. The van der Waals surface area contributed by atoms with Crippen LogP contribution in [0.25, 0.3) is 0 Å². The summed E-state index contributed by atoms with van der Waals surface area (Å²) in [6.07, 6.45) is 2.72. The maximum atomic E-state index is 13.5. The van der Waals surface area contributed by atoms with Crippen molar-refractivity contribution >= 4 is 5.91 Å². The third-order valence-corrected chi connectivity index (χ3v) is 4.20. The summed E-state index contributed by atoms with van der Waals surface area (Å²) in [7, 11) is 0. The number of H-pyrrole nitrogens is 1. The molecule has 2 heterocycles. The Morgan fingerprint density at radius 1 is 1.39 bits per heavy atom. The van der Waals surface area contributed by atoms with E-state index in [4.69, 9.17) is 0 Å². The van der Waals surface area contributed by atoms with Crippen LogP contribution in [0.5, 0.6) is 0 Å². The van der Waals surface area contributed by atoms with E-state index in [0.29, 0.717) is 31.4 Å². The van der Waals surface area contributed by atoms with Crippen LogP contribution < -0.4 is 11.0 Å². The number of rotatable bonds is 4. The highest BCUT2D eigenvalue weighted by Gasteiger charge is 2.20. The number of aryl methyl sites for hydroxylation is 2. The molecule has 1 aromatic heterocycles. The van der Waals surface area contributed by atoms with Crippen LogP contribution >= 0.6 is 0 Å². The van der Waals surface area contributed by atoms with Crippen LogP contribution in [0.15, 0.2) is 29.1 Å². The molecule has 0 spiro atoms. The van der Waals surface area contributed by atoms with Crippen LogP contribution in [0.3, 0.4) is 0 Å². The second-order valence-electron chi connectivity index (χ2n) is 5.78. The molecule has 1 atom stereocenters. The number of aromatic amines is 1. The van der Waals surface area contributed by atoms with Gasteiger partial charge in [0.05, 0.1) is 0 Å². The van der Waals surface area contributed by atoms with Gasteiger partial charge >= 0.3 is 5.69 Å². The third-order valence-electron chi connectivity index (χ3n) is 4.20. The van der Waals surface area contributed by atoms with Gasteiger partial charge in [0.25, 0.3) is 0 Å². The number of nitrogens with one attached hydrogen (secondary N) is 2. The Morgan fingerprint density at radius 2 is 2.22 bits per heavy atom. The first kappa shape index (κ1) is 15.5. The largest absolute Gasteiger partial charge is 0.353 e. The van der Waals surface area contributed by atoms with E-state index >= 15 is 0 Å². The monoisotopic (exact) mass is 318 g/mol. The molecule has 2 N–H and O–H groups in total. The quantitative estimate of drug-likeness (QED) is 0.888. The molecule has 0 saturated heterocycles. The fourth-order valence-electron chi connectivity index (χ4n) is 2.90. The van der Waals surface area contributed by atoms with Crippen LogP contribution in [0.4, 0.5) is 4.39 Å². The van der Waals surface area contributed by atoms with Gasteiger partial charge in [0, 0.05) is 25.4 Å². The Morgan fingerprint density at radius 3 is 3.04 bits per heavy atom. The van der Waals surface area contributed by atoms with Gasteiger partial charge in [-0.25, -0.2) is 14.3 Å². The summed E-state index contributed by atoms with van der Waals surface area (Å²) in [5.74, 6) is 0.365. The molecule has 6 nitrogen and oxygen atoms in total. The summed E-state index contributed by atoms with van der Waals surface area (Å²) in [6, 6.07) is 6.51. The normalized spacial score (nSPS) is 17.3. The van der Waals surface area contributed by atoms with E-state index < -0.39 is 0 Å². The highest BCUT2D eigenvalue weighted by atomic mass is 19.1. The third kappa shape index (κ3) is 3.67. The van der Waals surface area contributed by atoms with E-state index in [1.54, 1.807) is 22.8 Å². The molecule has 23 heavy (non-hydrogen) atoms. The van der Waals surface area contributed by atoms with Crippen LogP contribution in [-0.2, 0) is 24.2 Å². The zero-order valence-electron chi connectivity index (χ0n) is 12.7. The Hall–Kier alpha value is -2.44. The lowest BCUT2D eigenvalue weighted by Gasteiger charge is -2.16. The van der Waals surface area contributed by atoms with E-state index in [1.165, 1.54) is 6.07 Å². The van der Waals surface area contributed by atoms with Gasteiger partial charge < -0.3 is 5.32 Å². The van der Waals surface area contributed by atoms with Crippen molar-refractivity contribution in [2.24, 2.45) is 0 Å². The van der Waals surface area contributed by atoms with Gasteiger partial charge in [0.15, 0.2) is 0 Å². The minimum atomic E-state index is -0.278. The molecule has 0 aliphatic carbocycles. The molecule has 0 bridgehead atoms. The van der Waals surface area contributed by atoms with E-state index in [1.807, 2.05) is 0 Å². The minimum absolute atomic E-state index is 0.0178. The molecule has 122 valence electrons. The second-order valence-corrected chi connectivity index (χ2v) is 5.78. The van der Waals surface area contributed by atoms with Crippen molar-refractivity contribution < 1.29 is 9.18 Å². The molecule has 0 radical (unpaired) electrons. The molecule has 0 saturated carbocycles. The molecule has 7 heteroatoms. The predicted molar refractivity (Wildman–Crippen MR) is 82.4 cm³/mol. The van der Waals surface area contributed by atoms with Crippen LogP contribution in [0.1, 0.15) is 30.7 Å². The van der Waals surface area contributed by atoms with Gasteiger partial charge in [-0.05, 0) is 30.9 Å². The minimum Gasteiger partial charge on any atom is -0.353 e. The number of carbonyl (C=O) groups excluding carboxylic acids is 1. The first-order valence-electron chi connectivity index (χ1n) is 7.80. The second kappa shape index (κ2) is 6.76. The Kier molecular flexibility index (Phi) is 4.55. The molecule has 0 fully saturated rings. The molecule has 2 aromatic rings. The van der Waals surface area contributed by atoms with Crippen molar-refractivity contribution in [2.75, 3.05) is 0 Å². The van der Waals surface area contributed by atoms with E-state index in [0.717, 1.165) is 12.2 Å². The maximum Gasteiger partial charge on any atom is 0.343 e. The molecule has 3 rings (SSSR count). The van der Waals surface area contributed by atoms with Crippen molar-refractivity contribution in [1.29, 1.82) is 0 Å². The zero-order chi connectivity index (χ0) is 16.2. The zero-order valence-corrected chi connectivity index (χ0v) is 12.7. The van der Waals surface area contributed by atoms with Gasteiger partial charge in [0.1, 0.15) is 11.6 Å². The highest BCUT2D eigenvalue weighted by Crippen LogP contribution is 2.12. The van der Waals surface area contributed by atoms with Crippen molar-refractivity contribution in [1.82, 2.24) is 20.1 Å². The Bertz CT molecular complexity index is 753. The molecule has 1 unspecified atom stereocenters. The number of halogens is 1. The van der Waals surface area contributed by atoms with E-state index in [2.05, 4.69) is 15.5 Å². The molecule has 1 aliphatic rings. The van der Waals surface area contributed by atoms with Gasteiger partial charge in [0.2, 0.25) is 5.91 Å². The molecule has 1 aliphatic heterocycles. The highest BCUT2D eigenvalue weighted by molar-refractivity contribution is 5.76. The standard InChI is InChI=1S/C16H19FN4O2/c17-13-4-2-1-3-11(13)5-8-15(22)18-12-6-7-14-19-20-16(23)21(14)10-9-12/h1-4,12H,5-10H2,(H,18,22)(H,20,23). The summed E-state index contributed by atoms with van der Waals surface area (Å²) < 4.78 is 15.1. The fraction of sp³-hybridized carbons (Fsp3) is 0.438. The van der Waals surface area contributed by atoms with Crippen LogP contribution in [0, 0.1) is 5.82 Å². The number of hydrogen-bond acceptors (Lipinski definition) is 3. The predicted octanol–water partition coefficient (Wildman–Crippen LogP) is 1.16. The van der Waals surface area contributed by atoms with Crippen molar-refractivity contribution in [3.63, 3.8) is 0 Å². The average Bonchev–Trinajstić information content (AvgIpc) is 2.77.